The van der Waals surface area contributed by atoms with Crippen LogP contribution in [0.4, 0.5) is 0 Å². The van der Waals surface area contributed by atoms with E-state index in [4.69, 9.17) is 0 Å². The average molecular weight is 279 g/mol. The highest BCUT2D eigenvalue weighted by molar-refractivity contribution is 7.90. The summed E-state index contributed by atoms with van der Waals surface area (Å²) in [4.78, 5) is 11.7. The van der Waals surface area contributed by atoms with Crippen molar-refractivity contribution in [1.29, 1.82) is 0 Å². The molecule has 0 radical (unpaired) electrons. The minimum absolute atomic E-state index is 0.226. The van der Waals surface area contributed by atoms with E-state index in [1.807, 2.05) is 0 Å². The first-order valence-corrected chi connectivity index (χ1v) is 7.42. The second kappa shape index (κ2) is 4.55. The molecule has 2 rings (SSSR count). The summed E-state index contributed by atoms with van der Waals surface area (Å²) < 4.78 is 24.4. The number of para-hydroxylation sites is 1. The van der Waals surface area contributed by atoms with E-state index in [1.165, 1.54) is 13.0 Å². The Kier molecular flexibility index (Phi) is 3.20. The van der Waals surface area contributed by atoms with Crippen LogP contribution in [0, 0.1) is 6.92 Å². The summed E-state index contributed by atoms with van der Waals surface area (Å²) in [5.41, 5.74) is 0.167. The maximum Gasteiger partial charge on any atom is 0.258 e. The van der Waals surface area contributed by atoms with Gasteiger partial charge in [-0.3, -0.25) is 4.79 Å². The summed E-state index contributed by atoms with van der Waals surface area (Å²) in [6.07, 6.45) is 0.995. The van der Waals surface area contributed by atoms with E-state index in [2.05, 4.69) is 0 Å². The number of nitrogens with zero attached hydrogens (tertiary/aromatic N) is 1. The van der Waals surface area contributed by atoms with Crippen LogP contribution in [-0.4, -0.2) is 24.3 Å². The van der Waals surface area contributed by atoms with Gasteiger partial charge >= 0.3 is 0 Å². The molecule has 5 nitrogen and oxygen atoms in total. The summed E-state index contributed by atoms with van der Waals surface area (Å²) in [6, 6.07) is 9.58. The zero-order valence-corrected chi connectivity index (χ0v) is 11.3. The molecule has 0 fully saturated rings. The van der Waals surface area contributed by atoms with Gasteiger partial charge in [-0.25, -0.2) is 13.0 Å². The molecule has 0 aliphatic heterocycles. The topological polar surface area (TPSA) is 76.4 Å². The van der Waals surface area contributed by atoms with Crippen LogP contribution in [-0.2, 0) is 9.84 Å². The number of aryl methyl sites for hydroxylation is 1. The third kappa shape index (κ3) is 2.39. The summed E-state index contributed by atoms with van der Waals surface area (Å²) in [6.45, 7) is 1.48. The van der Waals surface area contributed by atoms with Crippen molar-refractivity contribution in [2.75, 3.05) is 6.26 Å². The lowest BCUT2D eigenvalue weighted by atomic mass is 10.2. The molecule has 0 spiro atoms. The summed E-state index contributed by atoms with van der Waals surface area (Å²) in [5.74, 6) is -0.557. The van der Waals surface area contributed by atoms with Crippen molar-refractivity contribution in [3.05, 3.63) is 52.3 Å². The largest absolute Gasteiger partial charge is 0.493 e. The average Bonchev–Trinajstić information content (AvgIpc) is 2.27. The summed E-state index contributed by atoms with van der Waals surface area (Å²) in [5, 5.41) is 10.1. The van der Waals surface area contributed by atoms with Crippen molar-refractivity contribution in [2.24, 2.45) is 0 Å². The van der Waals surface area contributed by atoms with E-state index >= 15 is 0 Å². The van der Waals surface area contributed by atoms with E-state index < -0.39 is 21.3 Å². The number of sulfone groups is 1. The van der Waals surface area contributed by atoms with Crippen molar-refractivity contribution < 1.29 is 13.5 Å². The second-order valence-corrected chi connectivity index (χ2v) is 6.21. The van der Waals surface area contributed by atoms with Crippen LogP contribution in [0.3, 0.4) is 0 Å². The van der Waals surface area contributed by atoms with Gasteiger partial charge in [-0.05, 0) is 24.6 Å². The van der Waals surface area contributed by atoms with Crippen molar-refractivity contribution >= 4 is 9.84 Å². The lowest BCUT2D eigenvalue weighted by Gasteiger charge is -2.13. The number of hydrogen-bond acceptors (Lipinski definition) is 4. The number of hydrogen-bond donors (Lipinski definition) is 1. The van der Waals surface area contributed by atoms with E-state index in [0.29, 0.717) is 5.69 Å². The first-order valence-electron chi connectivity index (χ1n) is 5.53. The molecule has 0 aliphatic rings. The molecule has 1 heterocycles. The third-order valence-electron chi connectivity index (χ3n) is 2.72. The molecule has 2 aromatic rings. The van der Waals surface area contributed by atoms with Crippen LogP contribution in [0.25, 0.3) is 5.69 Å². The SMILES string of the molecule is Cc1cc(=O)n(-c2ccccc2)c(O)c1S(C)(=O)=O. The maximum atomic E-state index is 11.9. The van der Waals surface area contributed by atoms with Crippen LogP contribution in [0.1, 0.15) is 5.56 Å². The zero-order valence-electron chi connectivity index (χ0n) is 10.5. The first-order chi connectivity index (χ1) is 8.82. The van der Waals surface area contributed by atoms with Gasteiger partial charge in [0.1, 0.15) is 4.90 Å². The highest BCUT2D eigenvalue weighted by Crippen LogP contribution is 2.26. The molecule has 0 unspecified atom stereocenters. The normalized spacial score (nSPS) is 11.5. The molecule has 0 atom stereocenters. The standard InChI is InChI=1S/C13H13NO4S/c1-9-8-11(15)14(10-6-4-3-5-7-10)13(16)12(9)19(2,17)18/h3-8,16H,1-2H3. The molecule has 0 bridgehead atoms. The Morgan fingerprint density at radius 2 is 1.74 bits per heavy atom. The van der Waals surface area contributed by atoms with Crippen LogP contribution < -0.4 is 5.56 Å². The van der Waals surface area contributed by atoms with Gasteiger partial charge in [-0.1, -0.05) is 18.2 Å². The predicted octanol–water partition coefficient (Wildman–Crippen LogP) is 1.26. The molecule has 1 aromatic carbocycles. The van der Waals surface area contributed by atoms with Crippen molar-refractivity contribution in [2.45, 2.75) is 11.8 Å². The van der Waals surface area contributed by atoms with Gasteiger partial charge in [0.2, 0.25) is 5.88 Å². The van der Waals surface area contributed by atoms with Crippen molar-refractivity contribution in [3.63, 3.8) is 0 Å². The van der Waals surface area contributed by atoms with Gasteiger partial charge in [0.15, 0.2) is 9.84 Å². The molecular weight excluding hydrogens is 266 g/mol. The lowest BCUT2D eigenvalue weighted by molar-refractivity contribution is 0.417. The van der Waals surface area contributed by atoms with Gasteiger partial charge in [0.25, 0.3) is 5.56 Å². The van der Waals surface area contributed by atoms with Crippen LogP contribution in [0.2, 0.25) is 0 Å². The quantitative estimate of drug-likeness (QED) is 0.897. The highest BCUT2D eigenvalue weighted by Gasteiger charge is 2.21. The zero-order chi connectivity index (χ0) is 14.2. The Morgan fingerprint density at radius 1 is 1.16 bits per heavy atom. The van der Waals surface area contributed by atoms with Gasteiger partial charge in [0.05, 0.1) is 5.69 Å². The van der Waals surface area contributed by atoms with E-state index in [0.717, 1.165) is 10.8 Å². The number of benzene rings is 1. The smallest absolute Gasteiger partial charge is 0.258 e. The van der Waals surface area contributed by atoms with Crippen LogP contribution >= 0.6 is 0 Å². The Bertz CT molecular complexity index is 776. The lowest BCUT2D eigenvalue weighted by Crippen LogP contribution is -2.20. The van der Waals surface area contributed by atoms with E-state index in [9.17, 15) is 18.3 Å². The van der Waals surface area contributed by atoms with Crippen LogP contribution in [0.5, 0.6) is 5.88 Å². The fraction of sp³-hybridized carbons (Fsp3) is 0.154. The van der Waals surface area contributed by atoms with Gasteiger partial charge < -0.3 is 5.11 Å². The number of rotatable bonds is 2. The molecule has 19 heavy (non-hydrogen) atoms. The summed E-state index contributed by atoms with van der Waals surface area (Å²) in [7, 11) is -3.62. The molecular formula is C13H13NO4S. The molecule has 0 saturated heterocycles. The van der Waals surface area contributed by atoms with E-state index in [-0.39, 0.29) is 10.5 Å². The Hall–Kier alpha value is -2.08. The fourth-order valence-electron chi connectivity index (χ4n) is 1.98. The Labute approximate surface area is 110 Å². The minimum atomic E-state index is -3.62. The molecule has 1 aromatic heterocycles. The second-order valence-electron chi connectivity index (χ2n) is 4.26. The van der Waals surface area contributed by atoms with E-state index in [1.54, 1.807) is 30.3 Å². The van der Waals surface area contributed by atoms with Gasteiger partial charge in [-0.2, -0.15) is 0 Å². The molecule has 6 heteroatoms. The monoisotopic (exact) mass is 279 g/mol. The van der Waals surface area contributed by atoms with Crippen molar-refractivity contribution in [3.8, 4) is 11.6 Å². The molecule has 100 valence electrons. The minimum Gasteiger partial charge on any atom is -0.493 e. The molecule has 0 amide bonds. The Balaban J connectivity index is 2.89. The third-order valence-corrected chi connectivity index (χ3v) is 3.96. The van der Waals surface area contributed by atoms with Gasteiger partial charge in [0, 0.05) is 12.3 Å². The molecule has 0 saturated carbocycles. The summed E-state index contributed by atoms with van der Waals surface area (Å²) >= 11 is 0. The predicted molar refractivity (Wildman–Crippen MR) is 71.6 cm³/mol. The molecule has 1 N–H and O–H groups in total. The first kappa shape index (κ1) is 13.4. The fourth-order valence-corrected chi connectivity index (χ4v) is 3.05. The number of aromatic nitrogens is 1. The van der Waals surface area contributed by atoms with Crippen LogP contribution in [0.15, 0.2) is 46.1 Å². The highest BCUT2D eigenvalue weighted by atomic mass is 32.2. The number of pyridine rings is 1. The number of aromatic hydroxyl groups is 1. The maximum absolute atomic E-state index is 11.9. The Morgan fingerprint density at radius 3 is 2.26 bits per heavy atom. The van der Waals surface area contributed by atoms with Gasteiger partial charge in [-0.15, -0.1) is 0 Å². The van der Waals surface area contributed by atoms with Crippen molar-refractivity contribution in [1.82, 2.24) is 4.57 Å². The molecule has 0 aliphatic carbocycles.